The van der Waals surface area contributed by atoms with Crippen molar-refractivity contribution in [3.63, 3.8) is 0 Å². The van der Waals surface area contributed by atoms with Gasteiger partial charge in [0.05, 0.1) is 0 Å². The zero-order chi connectivity index (χ0) is 10.1. The monoisotopic (exact) mass is 251 g/mol. The van der Waals surface area contributed by atoms with E-state index in [-0.39, 0.29) is 0 Å². The Morgan fingerprint density at radius 3 is 2.07 bits per heavy atom. The maximum absolute atomic E-state index is 3.78. The van der Waals surface area contributed by atoms with Crippen LogP contribution in [0.1, 0.15) is 11.1 Å². The minimum absolute atomic E-state index is 1.09. The highest BCUT2D eigenvalue weighted by Crippen LogP contribution is 2.23. The van der Waals surface area contributed by atoms with Crippen LogP contribution in [-0.2, 0) is 0 Å². The van der Waals surface area contributed by atoms with E-state index in [0.29, 0.717) is 0 Å². The van der Waals surface area contributed by atoms with Crippen LogP contribution in [0.5, 0.6) is 0 Å². The molecule has 0 saturated carbocycles. The Kier molecular flexibility index (Phi) is 2.37. The van der Waals surface area contributed by atoms with E-state index in [2.05, 4.69) is 52.1 Å². The summed E-state index contributed by atoms with van der Waals surface area (Å²) in [6, 6.07) is 4.20. The number of aromatic nitrogens is 3. The molecule has 2 aromatic rings. The van der Waals surface area contributed by atoms with Crippen molar-refractivity contribution in [3.05, 3.63) is 40.4 Å². The fraction of sp³-hybridized carbons (Fsp3) is 0.200. The molecule has 0 atom stereocenters. The van der Waals surface area contributed by atoms with Gasteiger partial charge < -0.3 is 0 Å². The summed E-state index contributed by atoms with van der Waals surface area (Å²) in [5.74, 6) is 0. The summed E-state index contributed by atoms with van der Waals surface area (Å²) in [7, 11) is 0. The molecule has 0 unspecified atom stereocenters. The highest BCUT2D eigenvalue weighted by Gasteiger charge is 2.03. The molecule has 0 aliphatic rings. The third-order valence-corrected chi connectivity index (χ3v) is 3.39. The molecule has 1 aromatic heterocycles. The van der Waals surface area contributed by atoms with E-state index in [1.165, 1.54) is 11.1 Å². The maximum Gasteiger partial charge on any atom is 0.123 e. The summed E-state index contributed by atoms with van der Waals surface area (Å²) in [6.45, 7) is 4.15. The van der Waals surface area contributed by atoms with Gasteiger partial charge in [-0.2, -0.15) is 0 Å². The second-order valence-electron chi connectivity index (χ2n) is 3.26. The van der Waals surface area contributed by atoms with E-state index in [4.69, 9.17) is 0 Å². The van der Waals surface area contributed by atoms with E-state index < -0.39 is 0 Å². The van der Waals surface area contributed by atoms with Crippen LogP contribution in [-0.4, -0.2) is 14.8 Å². The van der Waals surface area contributed by atoms with E-state index in [1.807, 2.05) is 4.57 Å². The molecule has 4 heteroatoms. The highest BCUT2D eigenvalue weighted by molar-refractivity contribution is 9.10. The van der Waals surface area contributed by atoms with Crippen molar-refractivity contribution in [1.82, 2.24) is 14.8 Å². The summed E-state index contributed by atoms with van der Waals surface area (Å²) in [4.78, 5) is 0. The molecular formula is C10H10BrN3. The molecule has 0 radical (unpaired) electrons. The number of aryl methyl sites for hydroxylation is 2. The van der Waals surface area contributed by atoms with Crippen LogP contribution < -0.4 is 0 Å². The Morgan fingerprint density at radius 2 is 1.57 bits per heavy atom. The molecule has 72 valence electrons. The summed E-state index contributed by atoms with van der Waals surface area (Å²) >= 11 is 3.54. The van der Waals surface area contributed by atoms with Crippen molar-refractivity contribution in [1.29, 1.82) is 0 Å². The van der Waals surface area contributed by atoms with Crippen molar-refractivity contribution in [3.8, 4) is 5.69 Å². The Balaban J connectivity index is 2.57. The van der Waals surface area contributed by atoms with Crippen LogP contribution >= 0.6 is 15.9 Å². The lowest BCUT2D eigenvalue weighted by Gasteiger charge is -2.07. The van der Waals surface area contributed by atoms with Crippen molar-refractivity contribution in [2.45, 2.75) is 13.8 Å². The number of hydrogen-bond donors (Lipinski definition) is 0. The van der Waals surface area contributed by atoms with Crippen LogP contribution in [0.15, 0.2) is 29.3 Å². The predicted octanol–water partition coefficient (Wildman–Crippen LogP) is 2.65. The lowest BCUT2D eigenvalue weighted by molar-refractivity contribution is 1.04. The lowest BCUT2D eigenvalue weighted by atomic mass is 10.1. The maximum atomic E-state index is 3.78. The normalized spacial score (nSPS) is 10.5. The van der Waals surface area contributed by atoms with Crippen molar-refractivity contribution >= 4 is 15.9 Å². The average molecular weight is 252 g/mol. The van der Waals surface area contributed by atoms with Gasteiger partial charge in [-0.3, -0.25) is 4.57 Å². The standard InChI is InChI=1S/C10H10BrN3/c1-7-3-9(4-8(2)10(7)11)14-5-12-13-6-14/h3-6H,1-2H3. The molecule has 0 aliphatic carbocycles. The Morgan fingerprint density at radius 1 is 1.07 bits per heavy atom. The summed E-state index contributed by atoms with van der Waals surface area (Å²) in [5.41, 5.74) is 3.52. The number of halogens is 1. The lowest BCUT2D eigenvalue weighted by Crippen LogP contribution is -1.93. The molecule has 1 heterocycles. The van der Waals surface area contributed by atoms with Gasteiger partial charge in [-0.25, -0.2) is 0 Å². The molecule has 0 aliphatic heterocycles. The van der Waals surface area contributed by atoms with Gasteiger partial charge in [0, 0.05) is 10.2 Å². The van der Waals surface area contributed by atoms with E-state index in [0.717, 1.165) is 10.2 Å². The van der Waals surface area contributed by atoms with Crippen LogP contribution in [0.3, 0.4) is 0 Å². The number of benzene rings is 1. The Hall–Kier alpha value is -1.16. The van der Waals surface area contributed by atoms with Gasteiger partial charge in [-0.05, 0) is 37.1 Å². The topological polar surface area (TPSA) is 30.7 Å². The first-order valence-corrected chi connectivity index (χ1v) is 5.09. The minimum atomic E-state index is 1.09. The first-order valence-electron chi connectivity index (χ1n) is 4.30. The van der Waals surface area contributed by atoms with Gasteiger partial charge in [0.2, 0.25) is 0 Å². The van der Waals surface area contributed by atoms with Gasteiger partial charge in [0.1, 0.15) is 12.7 Å². The summed E-state index contributed by atoms with van der Waals surface area (Å²) in [5, 5.41) is 7.56. The van der Waals surface area contributed by atoms with Crippen LogP contribution in [0, 0.1) is 13.8 Å². The molecule has 0 saturated heterocycles. The quantitative estimate of drug-likeness (QED) is 0.781. The van der Waals surface area contributed by atoms with Gasteiger partial charge in [0.15, 0.2) is 0 Å². The van der Waals surface area contributed by atoms with Crippen LogP contribution in [0.4, 0.5) is 0 Å². The van der Waals surface area contributed by atoms with Crippen molar-refractivity contribution in [2.75, 3.05) is 0 Å². The van der Waals surface area contributed by atoms with Crippen LogP contribution in [0.25, 0.3) is 5.69 Å². The second kappa shape index (κ2) is 3.53. The highest BCUT2D eigenvalue weighted by atomic mass is 79.9. The third kappa shape index (κ3) is 1.57. The van der Waals surface area contributed by atoms with Crippen LogP contribution in [0.2, 0.25) is 0 Å². The van der Waals surface area contributed by atoms with Gasteiger partial charge in [-0.15, -0.1) is 10.2 Å². The number of rotatable bonds is 1. The zero-order valence-corrected chi connectivity index (χ0v) is 9.62. The second-order valence-corrected chi connectivity index (χ2v) is 4.06. The van der Waals surface area contributed by atoms with Crippen molar-refractivity contribution < 1.29 is 0 Å². The van der Waals surface area contributed by atoms with E-state index in [9.17, 15) is 0 Å². The zero-order valence-electron chi connectivity index (χ0n) is 8.03. The molecule has 0 spiro atoms. The van der Waals surface area contributed by atoms with Gasteiger partial charge in [-0.1, -0.05) is 15.9 Å². The molecule has 0 N–H and O–H groups in total. The van der Waals surface area contributed by atoms with E-state index >= 15 is 0 Å². The molecular weight excluding hydrogens is 242 g/mol. The number of nitrogens with zero attached hydrogens (tertiary/aromatic N) is 3. The molecule has 0 fully saturated rings. The molecule has 2 rings (SSSR count). The van der Waals surface area contributed by atoms with Crippen molar-refractivity contribution in [2.24, 2.45) is 0 Å². The van der Waals surface area contributed by atoms with Gasteiger partial charge in [0.25, 0.3) is 0 Å². The fourth-order valence-electron chi connectivity index (χ4n) is 1.41. The molecule has 0 bridgehead atoms. The summed E-state index contributed by atoms with van der Waals surface area (Å²) in [6.07, 6.45) is 3.39. The first-order chi connectivity index (χ1) is 6.68. The van der Waals surface area contributed by atoms with Gasteiger partial charge >= 0.3 is 0 Å². The molecule has 1 aromatic carbocycles. The van der Waals surface area contributed by atoms with E-state index in [1.54, 1.807) is 12.7 Å². The molecule has 3 nitrogen and oxygen atoms in total. The largest absolute Gasteiger partial charge is 0.288 e. The summed E-state index contributed by atoms with van der Waals surface area (Å²) < 4.78 is 3.06. The third-order valence-electron chi connectivity index (χ3n) is 2.14. The Labute approximate surface area is 90.9 Å². The molecule has 14 heavy (non-hydrogen) atoms. The SMILES string of the molecule is Cc1cc(-n2cnnc2)cc(C)c1Br. The Bertz CT molecular complexity index is 425. The minimum Gasteiger partial charge on any atom is -0.288 e. The number of hydrogen-bond acceptors (Lipinski definition) is 2. The fourth-order valence-corrected chi connectivity index (χ4v) is 1.64. The predicted molar refractivity (Wildman–Crippen MR) is 58.5 cm³/mol. The first kappa shape index (κ1) is 9.40. The smallest absolute Gasteiger partial charge is 0.123 e. The molecule has 0 amide bonds. The average Bonchev–Trinajstić information content (AvgIpc) is 2.66.